The Balaban J connectivity index is 1.95. The first kappa shape index (κ1) is 14.4. The number of hydrogen-bond donors (Lipinski definition) is 1. The second kappa shape index (κ2) is 6.46. The van der Waals surface area contributed by atoms with Crippen molar-refractivity contribution < 1.29 is 9.52 Å². The van der Waals surface area contributed by atoms with E-state index in [-0.39, 0.29) is 0 Å². The van der Waals surface area contributed by atoms with Crippen LogP contribution in [0.4, 0.5) is 0 Å². The normalized spacial score (nSPS) is 12.7. The topological polar surface area (TPSA) is 33.4 Å². The number of para-hydroxylation sites is 1. The maximum absolute atomic E-state index is 10.2. The van der Waals surface area contributed by atoms with Crippen molar-refractivity contribution >= 4 is 26.9 Å². The summed E-state index contributed by atoms with van der Waals surface area (Å²) >= 11 is 3.33. The van der Waals surface area contributed by atoms with Crippen LogP contribution in [-0.4, -0.2) is 10.4 Å². The smallest absolute Gasteiger partial charge is 0.137 e. The monoisotopic (exact) mass is 344 g/mol. The molecule has 2 nitrogen and oxygen atoms in total. The lowest BCUT2D eigenvalue weighted by Gasteiger charge is -2.07. The predicted octanol–water partition coefficient (Wildman–Crippen LogP) is 4.65. The summed E-state index contributed by atoms with van der Waals surface area (Å²) in [5, 5.41) is 11.7. The van der Waals surface area contributed by atoms with Crippen molar-refractivity contribution in [3.63, 3.8) is 0 Å². The number of furan rings is 1. The van der Waals surface area contributed by atoms with Crippen LogP contribution in [0.1, 0.15) is 23.0 Å². The fourth-order valence-electron chi connectivity index (χ4n) is 2.63. The third-order valence-electron chi connectivity index (χ3n) is 3.68. The van der Waals surface area contributed by atoms with Gasteiger partial charge < -0.3 is 9.52 Å². The predicted molar refractivity (Wildman–Crippen MR) is 88.8 cm³/mol. The number of hydrogen-bond acceptors (Lipinski definition) is 2. The van der Waals surface area contributed by atoms with Crippen LogP contribution in [0.2, 0.25) is 0 Å². The molecule has 3 aromatic rings. The van der Waals surface area contributed by atoms with Crippen molar-refractivity contribution in [2.75, 3.05) is 5.33 Å². The van der Waals surface area contributed by atoms with Gasteiger partial charge in [-0.1, -0.05) is 64.5 Å². The van der Waals surface area contributed by atoms with E-state index in [1.807, 2.05) is 24.3 Å². The van der Waals surface area contributed by atoms with E-state index in [2.05, 4.69) is 46.3 Å². The van der Waals surface area contributed by atoms with Gasteiger partial charge in [-0.05, 0) is 24.5 Å². The fraction of sp³-hybridized carbons (Fsp3) is 0.222. The zero-order valence-electron chi connectivity index (χ0n) is 11.6. The summed E-state index contributed by atoms with van der Waals surface area (Å²) in [6, 6.07) is 18.4. The van der Waals surface area contributed by atoms with Crippen LogP contribution in [0, 0.1) is 0 Å². The Bertz CT molecular complexity index is 718. The number of aliphatic hydroxyl groups excluding tert-OH is 1. The van der Waals surface area contributed by atoms with E-state index < -0.39 is 6.10 Å². The van der Waals surface area contributed by atoms with Crippen LogP contribution >= 0.6 is 15.9 Å². The SMILES string of the molecule is O[C@@H](CBr)c1oc2ccccc2c1CCc1ccccc1. The summed E-state index contributed by atoms with van der Waals surface area (Å²) in [5.74, 6) is 0.684. The number of rotatable bonds is 5. The number of halogens is 1. The van der Waals surface area contributed by atoms with Crippen molar-refractivity contribution in [2.24, 2.45) is 0 Å². The molecule has 0 aliphatic heterocycles. The van der Waals surface area contributed by atoms with Crippen LogP contribution in [0.15, 0.2) is 59.0 Å². The van der Waals surface area contributed by atoms with Gasteiger partial charge in [0.15, 0.2) is 0 Å². The largest absolute Gasteiger partial charge is 0.458 e. The molecule has 2 aromatic carbocycles. The standard InChI is InChI=1S/C18H17BrO2/c19-12-16(20)18-15(11-10-13-6-2-1-3-7-13)14-8-4-5-9-17(14)21-18/h1-9,16,20H,10-12H2/t16-/m0/s1. The van der Waals surface area contributed by atoms with Crippen molar-refractivity contribution in [1.82, 2.24) is 0 Å². The number of aryl methyl sites for hydroxylation is 2. The molecule has 0 unspecified atom stereocenters. The highest BCUT2D eigenvalue weighted by molar-refractivity contribution is 9.09. The molecule has 108 valence electrons. The molecule has 0 fully saturated rings. The molecule has 0 bridgehead atoms. The van der Waals surface area contributed by atoms with Gasteiger partial charge >= 0.3 is 0 Å². The van der Waals surface area contributed by atoms with Gasteiger partial charge in [-0.15, -0.1) is 0 Å². The lowest BCUT2D eigenvalue weighted by atomic mass is 10.0. The summed E-state index contributed by atoms with van der Waals surface area (Å²) in [6.07, 6.45) is 1.19. The van der Waals surface area contributed by atoms with E-state index in [0.29, 0.717) is 11.1 Å². The van der Waals surface area contributed by atoms with E-state index in [1.165, 1.54) is 5.56 Å². The van der Waals surface area contributed by atoms with Crippen molar-refractivity contribution in [2.45, 2.75) is 18.9 Å². The summed E-state index contributed by atoms with van der Waals surface area (Å²) in [6.45, 7) is 0. The molecule has 0 aliphatic carbocycles. The average Bonchev–Trinajstić information content (AvgIpc) is 2.92. The molecule has 0 saturated heterocycles. The first-order valence-corrected chi connectivity index (χ1v) is 8.20. The zero-order valence-corrected chi connectivity index (χ0v) is 13.2. The summed E-state index contributed by atoms with van der Waals surface area (Å²) in [5.41, 5.74) is 3.25. The molecular formula is C18H17BrO2. The first-order valence-electron chi connectivity index (χ1n) is 7.08. The second-order valence-electron chi connectivity index (χ2n) is 5.10. The van der Waals surface area contributed by atoms with E-state index in [4.69, 9.17) is 4.42 Å². The van der Waals surface area contributed by atoms with Crippen molar-refractivity contribution in [1.29, 1.82) is 0 Å². The minimum atomic E-state index is -0.608. The summed E-state index contributed by atoms with van der Waals surface area (Å²) in [4.78, 5) is 0. The Morgan fingerprint density at radius 3 is 2.43 bits per heavy atom. The molecule has 0 radical (unpaired) electrons. The molecule has 3 rings (SSSR count). The Morgan fingerprint density at radius 2 is 1.67 bits per heavy atom. The van der Waals surface area contributed by atoms with E-state index in [9.17, 15) is 5.11 Å². The fourth-order valence-corrected chi connectivity index (χ4v) is 2.92. The van der Waals surface area contributed by atoms with Gasteiger partial charge in [-0.2, -0.15) is 0 Å². The number of fused-ring (bicyclic) bond motifs is 1. The third kappa shape index (κ3) is 3.04. The molecular weight excluding hydrogens is 328 g/mol. The summed E-state index contributed by atoms with van der Waals surface area (Å²) in [7, 11) is 0. The van der Waals surface area contributed by atoms with Crippen LogP contribution in [0.5, 0.6) is 0 Å². The minimum absolute atomic E-state index is 0.477. The van der Waals surface area contributed by atoms with E-state index in [1.54, 1.807) is 0 Å². The molecule has 1 atom stereocenters. The van der Waals surface area contributed by atoms with Crippen LogP contribution in [-0.2, 0) is 12.8 Å². The van der Waals surface area contributed by atoms with Crippen molar-refractivity contribution in [3.8, 4) is 0 Å². The maximum Gasteiger partial charge on any atom is 0.137 e. The van der Waals surface area contributed by atoms with Gasteiger partial charge in [0.2, 0.25) is 0 Å². The molecule has 0 amide bonds. The summed E-state index contributed by atoms with van der Waals surface area (Å²) < 4.78 is 5.86. The number of aliphatic hydroxyl groups is 1. The highest BCUT2D eigenvalue weighted by Gasteiger charge is 2.19. The Hall–Kier alpha value is -1.58. The highest BCUT2D eigenvalue weighted by Crippen LogP contribution is 2.31. The average molecular weight is 345 g/mol. The zero-order chi connectivity index (χ0) is 14.7. The van der Waals surface area contributed by atoms with E-state index in [0.717, 1.165) is 29.4 Å². The van der Waals surface area contributed by atoms with Crippen LogP contribution < -0.4 is 0 Å². The molecule has 3 heteroatoms. The maximum atomic E-state index is 10.2. The first-order chi connectivity index (χ1) is 10.3. The van der Waals surface area contributed by atoms with E-state index >= 15 is 0 Å². The molecule has 1 N–H and O–H groups in total. The van der Waals surface area contributed by atoms with Gasteiger partial charge in [0.05, 0.1) is 0 Å². The molecule has 21 heavy (non-hydrogen) atoms. The van der Waals surface area contributed by atoms with Gasteiger partial charge in [-0.3, -0.25) is 0 Å². The van der Waals surface area contributed by atoms with Gasteiger partial charge in [0.1, 0.15) is 17.4 Å². The Morgan fingerprint density at radius 1 is 0.952 bits per heavy atom. The molecule has 0 saturated carbocycles. The Labute approximate surface area is 132 Å². The van der Waals surface area contributed by atoms with Gasteiger partial charge in [-0.25, -0.2) is 0 Å². The lowest BCUT2D eigenvalue weighted by molar-refractivity contribution is 0.176. The lowest BCUT2D eigenvalue weighted by Crippen LogP contribution is -2.02. The van der Waals surface area contributed by atoms with Crippen molar-refractivity contribution in [3.05, 3.63) is 71.5 Å². The van der Waals surface area contributed by atoms with Gasteiger partial charge in [0.25, 0.3) is 0 Å². The Kier molecular flexibility index (Phi) is 4.42. The number of alkyl halides is 1. The number of benzene rings is 2. The third-order valence-corrected chi connectivity index (χ3v) is 4.30. The minimum Gasteiger partial charge on any atom is -0.458 e. The van der Waals surface area contributed by atoms with Gasteiger partial charge in [0, 0.05) is 16.3 Å². The highest BCUT2D eigenvalue weighted by atomic mass is 79.9. The molecule has 1 aromatic heterocycles. The molecule has 0 aliphatic rings. The van der Waals surface area contributed by atoms with Crippen LogP contribution in [0.25, 0.3) is 11.0 Å². The molecule has 0 spiro atoms. The second-order valence-corrected chi connectivity index (χ2v) is 5.74. The quantitative estimate of drug-likeness (QED) is 0.683. The van der Waals surface area contributed by atoms with Crippen LogP contribution in [0.3, 0.4) is 0 Å². The molecule has 1 heterocycles.